The molecule has 1 heterocycles. The fraction of sp³-hybridized carbons (Fsp3) is 0.818. The molecule has 0 saturated carbocycles. The number of carboxylic acids is 2. The topological polar surface area (TPSA) is 86.6 Å². The molecule has 0 atom stereocenters. The highest BCUT2D eigenvalue weighted by Crippen LogP contribution is 2.38. The summed E-state index contributed by atoms with van der Waals surface area (Å²) in [6.07, 6.45) is 3.23. The third-order valence-electron chi connectivity index (χ3n) is 3.40. The molecule has 0 aromatic rings. The maximum atomic E-state index is 10.6. The molecule has 1 rings (SSSR count). The van der Waals surface area contributed by atoms with Crippen molar-refractivity contribution in [1.29, 1.82) is 0 Å². The van der Waals surface area contributed by atoms with Gasteiger partial charge in [-0.15, -0.1) is 12.4 Å². The molecule has 0 radical (unpaired) electrons. The van der Waals surface area contributed by atoms with Gasteiger partial charge in [0.2, 0.25) is 0 Å². The van der Waals surface area contributed by atoms with Gasteiger partial charge in [-0.2, -0.15) is 0 Å². The second kappa shape index (κ2) is 7.50. The van der Waals surface area contributed by atoms with Crippen LogP contribution in [0.5, 0.6) is 0 Å². The van der Waals surface area contributed by atoms with Gasteiger partial charge in [-0.05, 0) is 44.2 Å². The van der Waals surface area contributed by atoms with Gasteiger partial charge in [-0.3, -0.25) is 9.59 Å². The lowest BCUT2D eigenvalue weighted by atomic mass is 9.72. The van der Waals surface area contributed by atoms with E-state index in [1.165, 1.54) is 0 Å². The smallest absolute Gasteiger partial charge is 0.303 e. The summed E-state index contributed by atoms with van der Waals surface area (Å²) in [5.41, 5.74) is -0.0813. The molecule has 1 saturated heterocycles. The average molecular weight is 266 g/mol. The molecule has 0 unspecified atom stereocenters. The van der Waals surface area contributed by atoms with Gasteiger partial charge in [0.15, 0.2) is 0 Å². The van der Waals surface area contributed by atoms with Crippen LogP contribution in [-0.2, 0) is 9.59 Å². The molecule has 6 heteroatoms. The Morgan fingerprint density at radius 2 is 1.41 bits per heavy atom. The summed E-state index contributed by atoms with van der Waals surface area (Å²) in [6.45, 7) is 1.72. The van der Waals surface area contributed by atoms with Crippen LogP contribution in [0.25, 0.3) is 0 Å². The van der Waals surface area contributed by atoms with Gasteiger partial charge in [-0.25, -0.2) is 0 Å². The minimum atomic E-state index is -0.798. The summed E-state index contributed by atoms with van der Waals surface area (Å²) in [5.74, 6) is -1.60. The van der Waals surface area contributed by atoms with Crippen LogP contribution in [-0.4, -0.2) is 35.2 Å². The van der Waals surface area contributed by atoms with E-state index in [1.807, 2.05) is 0 Å². The normalized spacial score (nSPS) is 18.1. The summed E-state index contributed by atoms with van der Waals surface area (Å²) in [6, 6.07) is 0. The fourth-order valence-corrected chi connectivity index (χ4v) is 2.33. The zero-order valence-corrected chi connectivity index (χ0v) is 10.6. The number of halogens is 1. The van der Waals surface area contributed by atoms with E-state index in [4.69, 9.17) is 10.2 Å². The monoisotopic (exact) mass is 265 g/mol. The van der Waals surface area contributed by atoms with E-state index >= 15 is 0 Å². The molecule has 0 amide bonds. The van der Waals surface area contributed by atoms with Crippen LogP contribution in [0.4, 0.5) is 0 Å². The Labute approximate surface area is 107 Å². The quantitative estimate of drug-likeness (QED) is 0.678. The maximum Gasteiger partial charge on any atom is 0.303 e. The van der Waals surface area contributed by atoms with Crippen LogP contribution >= 0.6 is 12.4 Å². The Balaban J connectivity index is 0.00000256. The molecule has 1 aliphatic rings. The highest BCUT2D eigenvalue weighted by Gasteiger charge is 2.32. The summed E-state index contributed by atoms with van der Waals surface area (Å²) in [7, 11) is 0. The number of carbonyl (C=O) groups is 2. The predicted molar refractivity (Wildman–Crippen MR) is 65.5 cm³/mol. The van der Waals surface area contributed by atoms with E-state index in [-0.39, 0.29) is 30.7 Å². The Hall–Kier alpha value is -0.810. The maximum absolute atomic E-state index is 10.6. The largest absolute Gasteiger partial charge is 0.481 e. The third kappa shape index (κ3) is 5.89. The van der Waals surface area contributed by atoms with Crippen molar-refractivity contribution in [2.75, 3.05) is 13.1 Å². The Morgan fingerprint density at radius 1 is 1.00 bits per heavy atom. The number of piperidine rings is 1. The number of aliphatic carboxylic acids is 2. The fourth-order valence-electron chi connectivity index (χ4n) is 2.33. The van der Waals surface area contributed by atoms with E-state index in [9.17, 15) is 9.59 Å². The van der Waals surface area contributed by atoms with Crippen molar-refractivity contribution in [1.82, 2.24) is 5.32 Å². The molecule has 0 aliphatic carbocycles. The molecule has 100 valence electrons. The van der Waals surface area contributed by atoms with E-state index in [1.54, 1.807) is 0 Å². The van der Waals surface area contributed by atoms with Gasteiger partial charge in [-0.1, -0.05) is 0 Å². The van der Waals surface area contributed by atoms with E-state index in [2.05, 4.69) is 5.32 Å². The lowest BCUT2D eigenvalue weighted by molar-refractivity contribution is -0.138. The van der Waals surface area contributed by atoms with Crippen LogP contribution in [0.15, 0.2) is 0 Å². The van der Waals surface area contributed by atoms with Crippen LogP contribution in [0.1, 0.15) is 38.5 Å². The molecular formula is C11H20ClNO4. The average Bonchev–Trinajstić information content (AvgIpc) is 2.25. The van der Waals surface area contributed by atoms with Crippen molar-refractivity contribution < 1.29 is 19.8 Å². The van der Waals surface area contributed by atoms with Crippen molar-refractivity contribution in [3.05, 3.63) is 0 Å². The standard InChI is InChI=1S/C11H19NO4.ClH/c13-9(14)1-3-11(4-2-10(15)16)5-7-12-8-6-11;/h12H,1-8H2,(H,13,14)(H,15,16);1H. The number of hydrogen-bond donors (Lipinski definition) is 3. The second-order valence-electron chi connectivity index (χ2n) is 4.54. The second-order valence-corrected chi connectivity index (χ2v) is 4.54. The highest BCUT2D eigenvalue weighted by atomic mass is 35.5. The van der Waals surface area contributed by atoms with E-state index in [0.717, 1.165) is 25.9 Å². The molecule has 1 aliphatic heterocycles. The number of hydrogen-bond acceptors (Lipinski definition) is 3. The van der Waals surface area contributed by atoms with Gasteiger partial charge in [0, 0.05) is 12.8 Å². The first-order valence-corrected chi connectivity index (χ1v) is 5.68. The van der Waals surface area contributed by atoms with Crippen molar-refractivity contribution in [2.45, 2.75) is 38.5 Å². The molecule has 0 aromatic heterocycles. The van der Waals surface area contributed by atoms with Crippen LogP contribution < -0.4 is 5.32 Å². The minimum absolute atomic E-state index is 0. The Morgan fingerprint density at radius 3 is 1.76 bits per heavy atom. The zero-order chi connectivity index (χ0) is 12.0. The van der Waals surface area contributed by atoms with Crippen LogP contribution in [0.3, 0.4) is 0 Å². The zero-order valence-electron chi connectivity index (χ0n) is 9.78. The molecule has 0 bridgehead atoms. The summed E-state index contributed by atoms with van der Waals surface area (Å²) < 4.78 is 0. The molecule has 5 nitrogen and oxygen atoms in total. The SMILES string of the molecule is Cl.O=C(O)CCC1(CCC(=O)O)CCNCC1. The summed E-state index contributed by atoms with van der Waals surface area (Å²) >= 11 is 0. The number of rotatable bonds is 6. The number of carboxylic acid groups (broad SMARTS) is 2. The molecule has 0 spiro atoms. The molecule has 3 N–H and O–H groups in total. The first-order chi connectivity index (χ1) is 7.54. The summed E-state index contributed by atoms with van der Waals surface area (Å²) in [4.78, 5) is 21.2. The van der Waals surface area contributed by atoms with Crippen molar-refractivity contribution in [3.63, 3.8) is 0 Å². The summed E-state index contributed by atoms with van der Waals surface area (Å²) in [5, 5.41) is 20.6. The predicted octanol–water partition coefficient (Wildman–Crippen LogP) is 1.51. The number of nitrogens with one attached hydrogen (secondary N) is 1. The van der Waals surface area contributed by atoms with Gasteiger partial charge in [0.05, 0.1) is 0 Å². The van der Waals surface area contributed by atoms with Gasteiger partial charge >= 0.3 is 11.9 Å². The van der Waals surface area contributed by atoms with Crippen LogP contribution in [0, 0.1) is 5.41 Å². The molecular weight excluding hydrogens is 246 g/mol. The van der Waals surface area contributed by atoms with E-state index in [0.29, 0.717) is 12.8 Å². The van der Waals surface area contributed by atoms with Gasteiger partial charge in [0.1, 0.15) is 0 Å². The lowest BCUT2D eigenvalue weighted by Crippen LogP contribution is -2.37. The third-order valence-corrected chi connectivity index (χ3v) is 3.40. The van der Waals surface area contributed by atoms with Crippen molar-refractivity contribution in [3.8, 4) is 0 Å². The first-order valence-electron chi connectivity index (χ1n) is 5.68. The molecule has 0 aromatic carbocycles. The Bertz CT molecular complexity index is 244. The van der Waals surface area contributed by atoms with Crippen LogP contribution in [0.2, 0.25) is 0 Å². The van der Waals surface area contributed by atoms with E-state index < -0.39 is 11.9 Å². The molecule has 17 heavy (non-hydrogen) atoms. The highest BCUT2D eigenvalue weighted by molar-refractivity contribution is 5.85. The van der Waals surface area contributed by atoms with Gasteiger partial charge in [0.25, 0.3) is 0 Å². The lowest BCUT2D eigenvalue weighted by Gasteiger charge is -2.37. The van der Waals surface area contributed by atoms with Gasteiger partial charge < -0.3 is 15.5 Å². The minimum Gasteiger partial charge on any atom is -0.481 e. The Kier molecular flexibility index (Phi) is 7.15. The van der Waals surface area contributed by atoms with Crippen molar-refractivity contribution >= 4 is 24.3 Å². The van der Waals surface area contributed by atoms with Crippen molar-refractivity contribution in [2.24, 2.45) is 5.41 Å². The molecule has 1 fully saturated rings. The first kappa shape index (κ1) is 16.2.